The van der Waals surface area contributed by atoms with Crippen LogP contribution in [0.3, 0.4) is 0 Å². The fourth-order valence-corrected chi connectivity index (χ4v) is 11.3. The molecule has 1 aromatic heterocycles. The van der Waals surface area contributed by atoms with Gasteiger partial charge in [-0.3, -0.25) is 0 Å². The van der Waals surface area contributed by atoms with Crippen LogP contribution in [0.2, 0.25) is 0 Å². The Hall–Kier alpha value is -6.84. The Morgan fingerprint density at radius 3 is 0.929 bits per heavy atom. The van der Waals surface area contributed by atoms with Crippen LogP contribution in [0.4, 0.5) is 0 Å². The SMILES string of the molecule is O[PH]1(c2ccc(-c3ccc(-c4ccc(-c5nc(-c6ccccc6)nc(-c6ccc(-c7ccccc7)cc6)n5)cc4)cc3)cc2)c2ccccc2-c2ccccc21. The molecule has 10 rings (SSSR count). The van der Waals surface area contributed by atoms with Crippen molar-refractivity contribution in [1.29, 1.82) is 0 Å². The van der Waals surface area contributed by atoms with Gasteiger partial charge in [0.1, 0.15) is 0 Å². The molecule has 0 amide bonds. The zero-order valence-electron chi connectivity index (χ0n) is 30.4. The molecule has 1 N–H and O–H groups in total. The predicted molar refractivity (Wildman–Crippen MR) is 234 cm³/mol. The summed E-state index contributed by atoms with van der Waals surface area (Å²) in [5, 5.41) is 3.12. The Labute approximate surface area is 327 Å². The minimum absolute atomic E-state index is 0.628. The molecular formula is C51H36N3OP. The Balaban J connectivity index is 0.914. The molecule has 0 bridgehead atoms. The zero-order chi connectivity index (χ0) is 37.5. The normalized spacial score (nSPS) is 13.1. The first-order valence-electron chi connectivity index (χ1n) is 18.8. The van der Waals surface area contributed by atoms with Crippen LogP contribution >= 0.6 is 7.49 Å². The van der Waals surface area contributed by atoms with Crippen molar-refractivity contribution in [3.05, 3.63) is 206 Å². The molecule has 0 spiro atoms. The van der Waals surface area contributed by atoms with Crippen molar-refractivity contribution in [2.24, 2.45) is 0 Å². The fourth-order valence-electron chi connectivity index (χ4n) is 7.89. The molecule has 266 valence electrons. The van der Waals surface area contributed by atoms with Gasteiger partial charge in [0.2, 0.25) is 0 Å². The second kappa shape index (κ2) is 14.1. The molecule has 0 atom stereocenters. The van der Waals surface area contributed by atoms with Crippen LogP contribution in [-0.4, -0.2) is 19.8 Å². The number of hydrogen-bond donors (Lipinski definition) is 1. The minimum atomic E-state index is -3.08. The third kappa shape index (κ3) is 6.02. The predicted octanol–water partition coefficient (Wildman–Crippen LogP) is 10.8. The molecule has 0 saturated carbocycles. The van der Waals surface area contributed by atoms with E-state index in [2.05, 4.69) is 158 Å². The van der Waals surface area contributed by atoms with Crippen molar-refractivity contribution in [1.82, 2.24) is 15.0 Å². The maximum atomic E-state index is 12.4. The Bertz CT molecular complexity index is 2780. The number of fused-ring (bicyclic) bond motifs is 3. The van der Waals surface area contributed by atoms with Gasteiger partial charge in [-0.2, -0.15) is 0 Å². The number of benzene rings is 8. The standard InChI is InChI=1S/C51H36N3OP/c55-56(47-17-9-7-15-45(47)46-16-8-10-18-48(46)56)44-33-31-40(32-34-44)38-21-19-37(20-22-38)39-25-29-43(30-26-39)51-53-49(41-13-5-2-6-14-41)52-50(54-51)42-27-23-36(24-28-42)35-11-3-1-4-12-35/h1-34,55-56H. The molecule has 2 heterocycles. The summed E-state index contributed by atoms with van der Waals surface area (Å²) in [4.78, 5) is 27.2. The number of hydrogen-bond acceptors (Lipinski definition) is 4. The monoisotopic (exact) mass is 737 g/mol. The summed E-state index contributed by atoms with van der Waals surface area (Å²) in [6.07, 6.45) is 0. The fraction of sp³-hybridized carbons (Fsp3) is 0. The van der Waals surface area contributed by atoms with Crippen molar-refractivity contribution >= 4 is 23.4 Å². The van der Waals surface area contributed by atoms with Gasteiger partial charge >= 0.3 is 189 Å². The molecule has 1 aliphatic rings. The van der Waals surface area contributed by atoms with E-state index < -0.39 is 7.49 Å². The van der Waals surface area contributed by atoms with Crippen molar-refractivity contribution in [2.75, 3.05) is 0 Å². The van der Waals surface area contributed by atoms with Gasteiger partial charge in [-0.15, -0.1) is 0 Å². The number of aromatic nitrogens is 3. The summed E-state index contributed by atoms with van der Waals surface area (Å²) in [6.45, 7) is 0. The second-order valence-electron chi connectivity index (χ2n) is 14.1. The van der Waals surface area contributed by atoms with E-state index >= 15 is 0 Å². The van der Waals surface area contributed by atoms with Crippen LogP contribution < -0.4 is 15.9 Å². The molecular weight excluding hydrogens is 702 g/mol. The third-order valence-corrected chi connectivity index (χ3v) is 14.4. The van der Waals surface area contributed by atoms with E-state index in [0.717, 1.165) is 71.5 Å². The van der Waals surface area contributed by atoms with Crippen LogP contribution in [0.25, 0.3) is 78.7 Å². The Morgan fingerprint density at radius 1 is 0.268 bits per heavy atom. The van der Waals surface area contributed by atoms with Crippen molar-refractivity contribution < 1.29 is 4.89 Å². The molecule has 0 fully saturated rings. The Morgan fingerprint density at radius 2 is 0.536 bits per heavy atom. The maximum absolute atomic E-state index is 12.4. The average molecular weight is 738 g/mol. The zero-order valence-corrected chi connectivity index (χ0v) is 31.4. The van der Waals surface area contributed by atoms with Crippen LogP contribution in [0.1, 0.15) is 0 Å². The van der Waals surface area contributed by atoms with Gasteiger partial charge in [0.25, 0.3) is 0 Å². The van der Waals surface area contributed by atoms with Gasteiger partial charge in [0.15, 0.2) is 17.5 Å². The third-order valence-electron chi connectivity index (χ3n) is 10.8. The van der Waals surface area contributed by atoms with Crippen LogP contribution in [0.5, 0.6) is 0 Å². The molecule has 1 aliphatic heterocycles. The molecule has 0 aliphatic carbocycles. The molecule has 8 aromatic carbocycles. The molecule has 9 aromatic rings. The number of nitrogens with zero attached hydrogens (tertiary/aromatic N) is 3. The van der Waals surface area contributed by atoms with E-state index in [1.807, 2.05) is 48.5 Å². The van der Waals surface area contributed by atoms with Gasteiger partial charge < -0.3 is 0 Å². The first kappa shape index (κ1) is 33.7. The van der Waals surface area contributed by atoms with Gasteiger partial charge in [-0.05, 0) is 11.1 Å². The summed E-state index contributed by atoms with van der Waals surface area (Å²) in [5.74, 6) is 1.90. The van der Waals surface area contributed by atoms with Crippen molar-refractivity contribution in [3.8, 4) is 78.7 Å². The van der Waals surface area contributed by atoms with Gasteiger partial charge in [0, 0.05) is 11.1 Å². The van der Waals surface area contributed by atoms with Gasteiger partial charge in [-0.1, -0.05) is 84.9 Å². The number of rotatable bonds is 7. The summed E-state index contributed by atoms with van der Waals surface area (Å²) in [7, 11) is -3.08. The first-order chi connectivity index (χ1) is 27.6. The van der Waals surface area contributed by atoms with Crippen LogP contribution in [-0.2, 0) is 0 Å². The van der Waals surface area contributed by atoms with E-state index in [4.69, 9.17) is 15.0 Å². The first-order valence-corrected chi connectivity index (χ1v) is 20.8. The topological polar surface area (TPSA) is 58.9 Å². The molecule has 0 saturated heterocycles. The Kier molecular flexibility index (Phi) is 8.49. The van der Waals surface area contributed by atoms with Crippen molar-refractivity contribution in [2.45, 2.75) is 0 Å². The van der Waals surface area contributed by atoms with E-state index in [0.29, 0.717) is 17.5 Å². The summed E-state index contributed by atoms with van der Waals surface area (Å²) < 4.78 is 0. The molecule has 4 nitrogen and oxygen atoms in total. The summed E-state index contributed by atoms with van der Waals surface area (Å²) >= 11 is 0. The van der Waals surface area contributed by atoms with E-state index in [1.54, 1.807) is 0 Å². The molecule has 5 heteroatoms. The van der Waals surface area contributed by atoms with Gasteiger partial charge in [-0.25, -0.2) is 15.0 Å². The van der Waals surface area contributed by atoms with Crippen molar-refractivity contribution in [3.63, 3.8) is 0 Å². The van der Waals surface area contributed by atoms with Gasteiger partial charge in [0.05, 0.1) is 0 Å². The average Bonchev–Trinajstić information content (AvgIpc) is 3.55. The van der Waals surface area contributed by atoms with Crippen LogP contribution in [0, 0.1) is 0 Å². The van der Waals surface area contributed by atoms with E-state index in [9.17, 15) is 4.89 Å². The summed E-state index contributed by atoms with van der Waals surface area (Å²) in [6, 6.07) is 71.0. The second-order valence-corrected chi connectivity index (χ2v) is 17.2. The quantitative estimate of drug-likeness (QED) is 0.166. The summed E-state index contributed by atoms with van der Waals surface area (Å²) in [5.41, 5.74) is 11.9. The molecule has 0 unspecified atom stereocenters. The van der Waals surface area contributed by atoms with E-state index in [-0.39, 0.29) is 0 Å². The van der Waals surface area contributed by atoms with Crippen LogP contribution in [0.15, 0.2) is 206 Å². The van der Waals surface area contributed by atoms with E-state index in [1.165, 1.54) is 5.56 Å². The molecule has 0 radical (unpaired) electrons. The molecule has 56 heavy (non-hydrogen) atoms.